The molecule has 36 heavy (non-hydrogen) atoms. The molecule has 5 rings (SSSR count). The molecule has 0 atom stereocenters. The third-order valence-electron chi connectivity index (χ3n) is 6.94. The lowest BCUT2D eigenvalue weighted by Gasteiger charge is -2.30. The molecule has 190 valence electrons. The number of rotatable bonds is 8. The SMILES string of the molecule is O=C(NCc1ccccc1CN1CCOCC1)C1CCN(Cc2nc(-c3cccc(Br)c3)no2)CC1. The summed E-state index contributed by atoms with van der Waals surface area (Å²) >= 11 is 3.48. The van der Waals surface area contributed by atoms with Gasteiger partial charge in [0.15, 0.2) is 0 Å². The van der Waals surface area contributed by atoms with Crippen LogP contribution in [-0.4, -0.2) is 65.2 Å². The number of nitrogens with one attached hydrogen (secondary N) is 1. The van der Waals surface area contributed by atoms with Gasteiger partial charge >= 0.3 is 0 Å². The van der Waals surface area contributed by atoms with E-state index < -0.39 is 0 Å². The van der Waals surface area contributed by atoms with Crippen LogP contribution in [0, 0.1) is 5.92 Å². The Morgan fingerprint density at radius 1 is 0.972 bits per heavy atom. The molecule has 1 aromatic heterocycles. The number of likely N-dealkylation sites (tertiary alicyclic amines) is 1. The monoisotopic (exact) mass is 553 g/mol. The van der Waals surface area contributed by atoms with Crippen molar-refractivity contribution in [2.75, 3.05) is 39.4 Å². The molecular weight excluding hydrogens is 522 g/mol. The fourth-order valence-electron chi connectivity index (χ4n) is 4.82. The summed E-state index contributed by atoms with van der Waals surface area (Å²) in [5.74, 6) is 1.37. The Balaban J connectivity index is 1.08. The number of benzene rings is 2. The number of morpholine rings is 1. The summed E-state index contributed by atoms with van der Waals surface area (Å²) in [7, 11) is 0. The number of nitrogens with zero attached hydrogens (tertiary/aromatic N) is 4. The van der Waals surface area contributed by atoms with E-state index in [0.717, 1.165) is 68.8 Å². The first kappa shape index (κ1) is 25.1. The van der Waals surface area contributed by atoms with Crippen LogP contribution in [0.25, 0.3) is 11.4 Å². The predicted octanol–water partition coefficient (Wildman–Crippen LogP) is 3.86. The number of ether oxygens (including phenoxy) is 1. The molecule has 0 aliphatic carbocycles. The average Bonchev–Trinajstić information content (AvgIpc) is 3.38. The molecule has 2 aliphatic rings. The van der Waals surface area contributed by atoms with Crippen LogP contribution in [0.4, 0.5) is 0 Å². The molecule has 9 heteroatoms. The number of piperidine rings is 1. The summed E-state index contributed by atoms with van der Waals surface area (Å²) in [4.78, 5) is 22.2. The Morgan fingerprint density at radius 3 is 2.50 bits per heavy atom. The molecule has 8 nitrogen and oxygen atoms in total. The lowest BCUT2D eigenvalue weighted by Crippen LogP contribution is -2.40. The third-order valence-corrected chi connectivity index (χ3v) is 7.43. The molecule has 2 aliphatic heterocycles. The highest BCUT2D eigenvalue weighted by Gasteiger charge is 2.26. The van der Waals surface area contributed by atoms with E-state index in [4.69, 9.17) is 9.26 Å². The van der Waals surface area contributed by atoms with Gasteiger partial charge in [0.2, 0.25) is 17.6 Å². The van der Waals surface area contributed by atoms with Gasteiger partial charge < -0.3 is 14.6 Å². The van der Waals surface area contributed by atoms with Crippen LogP contribution >= 0.6 is 15.9 Å². The zero-order chi connectivity index (χ0) is 24.7. The Labute approximate surface area is 220 Å². The topological polar surface area (TPSA) is 83.7 Å². The van der Waals surface area contributed by atoms with Crippen molar-refractivity contribution in [1.82, 2.24) is 25.3 Å². The van der Waals surface area contributed by atoms with Crippen LogP contribution in [0.3, 0.4) is 0 Å². The van der Waals surface area contributed by atoms with Gasteiger partial charge in [-0.05, 0) is 49.2 Å². The Morgan fingerprint density at radius 2 is 1.72 bits per heavy atom. The average molecular weight is 554 g/mol. The van der Waals surface area contributed by atoms with E-state index in [1.807, 2.05) is 30.3 Å². The maximum Gasteiger partial charge on any atom is 0.241 e. The molecule has 0 radical (unpaired) electrons. The highest BCUT2D eigenvalue weighted by Crippen LogP contribution is 2.23. The van der Waals surface area contributed by atoms with Crippen molar-refractivity contribution in [3.05, 3.63) is 70.0 Å². The van der Waals surface area contributed by atoms with Gasteiger partial charge in [-0.2, -0.15) is 4.98 Å². The summed E-state index contributed by atoms with van der Waals surface area (Å²) in [6, 6.07) is 16.2. The molecule has 1 amide bonds. The van der Waals surface area contributed by atoms with Crippen LogP contribution in [0.5, 0.6) is 0 Å². The van der Waals surface area contributed by atoms with Gasteiger partial charge in [-0.1, -0.05) is 57.5 Å². The van der Waals surface area contributed by atoms with Gasteiger partial charge in [-0.3, -0.25) is 14.6 Å². The molecule has 3 heterocycles. The minimum Gasteiger partial charge on any atom is -0.379 e. The predicted molar refractivity (Wildman–Crippen MR) is 140 cm³/mol. The molecule has 0 saturated carbocycles. The molecule has 3 aromatic rings. The van der Waals surface area contributed by atoms with Gasteiger partial charge in [0.05, 0.1) is 19.8 Å². The fraction of sp³-hybridized carbons (Fsp3) is 0.444. The zero-order valence-electron chi connectivity index (χ0n) is 20.4. The minimum absolute atomic E-state index is 0.0348. The largest absolute Gasteiger partial charge is 0.379 e. The number of carbonyl (C=O) groups excluding carboxylic acids is 1. The molecule has 0 bridgehead atoms. The van der Waals surface area contributed by atoms with Crippen LogP contribution in [0.2, 0.25) is 0 Å². The lowest BCUT2D eigenvalue weighted by molar-refractivity contribution is -0.126. The number of carbonyl (C=O) groups is 1. The quantitative estimate of drug-likeness (QED) is 0.453. The fourth-order valence-corrected chi connectivity index (χ4v) is 5.22. The van der Waals surface area contributed by atoms with Gasteiger partial charge in [0, 0.05) is 42.1 Å². The second-order valence-electron chi connectivity index (χ2n) is 9.45. The maximum absolute atomic E-state index is 12.9. The molecule has 2 aromatic carbocycles. The van der Waals surface area contributed by atoms with Crippen molar-refractivity contribution >= 4 is 21.8 Å². The first-order chi connectivity index (χ1) is 17.6. The highest BCUT2D eigenvalue weighted by atomic mass is 79.9. The molecule has 0 spiro atoms. The normalized spacial score (nSPS) is 17.8. The Bertz CT molecular complexity index is 1160. The van der Waals surface area contributed by atoms with Crippen molar-refractivity contribution in [1.29, 1.82) is 0 Å². The van der Waals surface area contributed by atoms with Crippen molar-refractivity contribution in [3.8, 4) is 11.4 Å². The number of hydrogen-bond acceptors (Lipinski definition) is 7. The van der Waals surface area contributed by atoms with E-state index in [2.05, 4.69) is 59.4 Å². The van der Waals surface area contributed by atoms with Gasteiger partial charge in [-0.15, -0.1) is 0 Å². The third kappa shape index (κ3) is 6.59. The van der Waals surface area contributed by atoms with E-state index in [1.165, 1.54) is 11.1 Å². The van der Waals surface area contributed by atoms with Gasteiger partial charge in [-0.25, -0.2) is 0 Å². The maximum atomic E-state index is 12.9. The van der Waals surface area contributed by atoms with Crippen LogP contribution < -0.4 is 5.32 Å². The van der Waals surface area contributed by atoms with Crippen molar-refractivity contribution in [2.45, 2.75) is 32.5 Å². The zero-order valence-corrected chi connectivity index (χ0v) is 22.0. The summed E-state index contributed by atoms with van der Waals surface area (Å²) in [6.07, 6.45) is 1.65. The van der Waals surface area contributed by atoms with Crippen LogP contribution in [0.1, 0.15) is 29.9 Å². The summed E-state index contributed by atoms with van der Waals surface area (Å²) in [5.41, 5.74) is 3.38. The van der Waals surface area contributed by atoms with E-state index in [-0.39, 0.29) is 11.8 Å². The molecule has 0 unspecified atom stereocenters. The summed E-state index contributed by atoms with van der Waals surface area (Å²) < 4.78 is 11.9. The Hall–Kier alpha value is -2.59. The molecule has 2 fully saturated rings. The van der Waals surface area contributed by atoms with Crippen LogP contribution in [-0.2, 0) is 29.2 Å². The van der Waals surface area contributed by atoms with E-state index in [0.29, 0.717) is 24.8 Å². The highest BCUT2D eigenvalue weighted by molar-refractivity contribution is 9.10. The second kappa shape index (κ2) is 12.1. The summed E-state index contributed by atoms with van der Waals surface area (Å²) in [6.45, 7) is 7.21. The standard InChI is InChI=1S/C27H32BrN5O3/c28-24-7-3-6-21(16-24)26-30-25(36-31-26)19-32-10-8-20(9-11-32)27(34)29-17-22-4-1-2-5-23(22)18-33-12-14-35-15-13-33/h1-7,16,20H,8-15,17-19H2,(H,29,34). The van der Waals surface area contributed by atoms with Crippen molar-refractivity contribution < 1.29 is 14.1 Å². The second-order valence-corrected chi connectivity index (χ2v) is 10.4. The lowest BCUT2D eigenvalue weighted by atomic mass is 9.95. The number of halogens is 1. The number of hydrogen-bond donors (Lipinski definition) is 1. The van der Waals surface area contributed by atoms with Gasteiger partial charge in [0.25, 0.3) is 0 Å². The van der Waals surface area contributed by atoms with E-state index in [9.17, 15) is 4.79 Å². The first-order valence-electron chi connectivity index (χ1n) is 12.6. The molecule has 2 saturated heterocycles. The summed E-state index contributed by atoms with van der Waals surface area (Å²) in [5, 5.41) is 7.32. The van der Waals surface area contributed by atoms with Gasteiger partial charge in [0.1, 0.15) is 0 Å². The van der Waals surface area contributed by atoms with Crippen molar-refractivity contribution in [2.24, 2.45) is 5.92 Å². The molecular formula is C27H32BrN5O3. The molecule has 1 N–H and O–H groups in total. The number of aromatic nitrogens is 2. The van der Waals surface area contributed by atoms with E-state index >= 15 is 0 Å². The first-order valence-corrected chi connectivity index (χ1v) is 13.4. The van der Waals surface area contributed by atoms with Crippen molar-refractivity contribution in [3.63, 3.8) is 0 Å². The minimum atomic E-state index is 0.0348. The smallest absolute Gasteiger partial charge is 0.241 e. The van der Waals surface area contributed by atoms with E-state index in [1.54, 1.807) is 0 Å². The Kier molecular flexibility index (Phi) is 8.43. The number of amides is 1. The van der Waals surface area contributed by atoms with Crippen LogP contribution in [0.15, 0.2) is 57.5 Å².